The Morgan fingerprint density at radius 3 is 2.74 bits per heavy atom. The maximum atomic E-state index is 5.76. The van der Waals surface area contributed by atoms with Crippen LogP contribution >= 0.6 is 11.3 Å². The van der Waals surface area contributed by atoms with Crippen LogP contribution in [0, 0.1) is 0 Å². The molecule has 0 amide bonds. The Labute approximate surface area is 113 Å². The standard InChI is InChI=1S/C15H11N3S/c16-11-6-4-10(5-7-11)12-2-1-3-13-14(12)18-9-8-17-15(18)19-13/h1-9H,16H2. The fraction of sp³-hybridized carbons (Fsp3) is 0. The summed E-state index contributed by atoms with van der Waals surface area (Å²) in [5.74, 6) is 0. The number of fused-ring (bicyclic) bond motifs is 3. The maximum Gasteiger partial charge on any atom is 0.194 e. The molecule has 0 atom stereocenters. The molecule has 0 saturated heterocycles. The van der Waals surface area contributed by atoms with Gasteiger partial charge in [-0.15, -0.1) is 0 Å². The fourth-order valence-corrected chi connectivity index (χ4v) is 3.39. The lowest BCUT2D eigenvalue weighted by Gasteiger charge is -2.04. The zero-order valence-electron chi connectivity index (χ0n) is 10.1. The van der Waals surface area contributed by atoms with Crippen LogP contribution in [-0.2, 0) is 0 Å². The van der Waals surface area contributed by atoms with E-state index in [0.717, 1.165) is 10.6 Å². The zero-order valence-corrected chi connectivity index (χ0v) is 10.9. The van der Waals surface area contributed by atoms with Gasteiger partial charge in [0.1, 0.15) is 0 Å². The van der Waals surface area contributed by atoms with E-state index in [-0.39, 0.29) is 0 Å². The predicted molar refractivity (Wildman–Crippen MR) is 80.4 cm³/mol. The number of nitrogens with zero attached hydrogens (tertiary/aromatic N) is 2. The van der Waals surface area contributed by atoms with Gasteiger partial charge in [0.05, 0.1) is 10.2 Å². The molecule has 0 aliphatic rings. The van der Waals surface area contributed by atoms with Crippen molar-refractivity contribution in [2.75, 3.05) is 5.73 Å². The Balaban J connectivity index is 2.10. The van der Waals surface area contributed by atoms with E-state index < -0.39 is 0 Å². The molecule has 0 saturated carbocycles. The molecular formula is C15H11N3S. The minimum atomic E-state index is 0.786. The number of imidazole rings is 1. The van der Waals surface area contributed by atoms with E-state index >= 15 is 0 Å². The minimum absolute atomic E-state index is 0.786. The largest absolute Gasteiger partial charge is 0.399 e. The zero-order chi connectivity index (χ0) is 12.8. The average Bonchev–Trinajstić information content (AvgIpc) is 2.99. The van der Waals surface area contributed by atoms with Crippen LogP contribution in [0.4, 0.5) is 5.69 Å². The van der Waals surface area contributed by atoms with Crippen LogP contribution in [0.2, 0.25) is 0 Å². The molecule has 2 N–H and O–H groups in total. The van der Waals surface area contributed by atoms with Crippen LogP contribution in [0.3, 0.4) is 0 Å². The van der Waals surface area contributed by atoms with Gasteiger partial charge in [-0.05, 0) is 23.8 Å². The van der Waals surface area contributed by atoms with Gasteiger partial charge in [0.15, 0.2) is 4.96 Å². The van der Waals surface area contributed by atoms with Crippen molar-refractivity contribution in [2.45, 2.75) is 0 Å². The molecule has 0 spiro atoms. The summed E-state index contributed by atoms with van der Waals surface area (Å²) in [7, 11) is 0. The molecule has 0 fully saturated rings. The lowest BCUT2D eigenvalue weighted by molar-refractivity contribution is 1.30. The van der Waals surface area contributed by atoms with Crippen molar-refractivity contribution in [2.24, 2.45) is 0 Å². The van der Waals surface area contributed by atoms with Gasteiger partial charge in [-0.1, -0.05) is 35.6 Å². The summed E-state index contributed by atoms with van der Waals surface area (Å²) in [5.41, 5.74) is 10.1. The van der Waals surface area contributed by atoms with Crippen LogP contribution in [0.15, 0.2) is 54.9 Å². The first-order chi connectivity index (χ1) is 9.33. The molecule has 2 heterocycles. The molecule has 4 rings (SSSR count). The van der Waals surface area contributed by atoms with Gasteiger partial charge in [-0.2, -0.15) is 0 Å². The van der Waals surface area contributed by atoms with Gasteiger partial charge in [0.25, 0.3) is 0 Å². The maximum absolute atomic E-state index is 5.76. The van der Waals surface area contributed by atoms with Crippen LogP contribution in [0.1, 0.15) is 0 Å². The third-order valence-electron chi connectivity index (χ3n) is 3.27. The topological polar surface area (TPSA) is 43.3 Å². The Hall–Kier alpha value is -2.33. The predicted octanol–water partition coefficient (Wildman–Crippen LogP) is 3.80. The molecule has 0 radical (unpaired) electrons. The lowest BCUT2D eigenvalue weighted by atomic mass is 10.0. The van der Waals surface area contributed by atoms with Crippen molar-refractivity contribution in [3.05, 3.63) is 54.9 Å². The average molecular weight is 265 g/mol. The van der Waals surface area contributed by atoms with E-state index in [2.05, 4.69) is 39.7 Å². The number of thiazole rings is 1. The Morgan fingerprint density at radius 2 is 1.89 bits per heavy atom. The molecule has 19 heavy (non-hydrogen) atoms. The number of nitrogens with two attached hydrogens (primary N) is 1. The van der Waals surface area contributed by atoms with Gasteiger partial charge in [-0.25, -0.2) is 4.98 Å². The highest BCUT2D eigenvalue weighted by atomic mass is 32.1. The summed E-state index contributed by atoms with van der Waals surface area (Å²) in [4.78, 5) is 5.39. The van der Waals surface area contributed by atoms with Gasteiger partial charge >= 0.3 is 0 Å². The highest BCUT2D eigenvalue weighted by Crippen LogP contribution is 2.33. The second-order valence-corrected chi connectivity index (χ2v) is 5.47. The van der Waals surface area contributed by atoms with E-state index in [9.17, 15) is 0 Å². The SMILES string of the molecule is Nc1ccc(-c2cccc3sc4nccn4c23)cc1. The summed E-state index contributed by atoms with van der Waals surface area (Å²) in [6.45, 7) is 0. The molecular weight excluding hydrogens is 254 g/mol. The van der Waals surface area contributed by atoms with Crippen molar-refractivity contribution in [3.63, 3.8) is 0 Å². The van der Waals surface area contributed by atoms with Gasteiger partial charge in [-0.3, -0.25) is 4.40 Å². The second-order valence-electron chi connectivity index (χ2n) is 4.46. The first-order valence-electron chi connectivity index (χ1n) is 6.03. The van der Waals surface area contributed by atoms with Crippen LogP contribution < -0.4 is 5.73 Å². The van der Waals surface area contributed by atoms with E-state index in [4.69, 9.17) is 5.73 Å². The second kappa shape index (κ2) is 3.83. The Bertz CT molecular complexity index is 871. The number of benzene rings is 2. The minimum Gasteiger partial charge on any atom is -0.399 e. The molecule has 0 aliphatic carbocycles. The number of aromatic nitrogens is 2. The first kappa shape index (κ1) is 10.6. The molecule has 4 heteroatoms. The number of anilines is 1. The van der Waals surface area contributed by atoms with Crippen molar-refractivity contribution in [1.82, 2.24) is 9.38 Å². The van der Waals surface area contributed by atoms with E-state index in [1.807, 2.05) is 24.5 Å². The summed E-state index contributed by atoms with van der Waals surface area (Å²) >= 11 is 1.71. The molecule has 3 nitrogen and oxygen atoms in total. The highest BCUT2D eigenvalue weighted by Gasteiger charge is 2.10. The number of para-hydroxylation sites is 1. The molecule has 0 bridgehead atoms. The molecule has 2 aromatic carbocycles. The van der Waals surface area contributed by atoms with Crippen molar-refractivity contribution >= 4 is 32.2 Å². The molecule has 92 valence electrons. The molecule has 0 aliphatic heterocycles. The third-order valence-corrected chi connectivity index (χ3v) is 4.30. The lowest BCUT2D eigenvalue weighted by Crippen LogP contribution is -1.86. The fourth-order valence-electron chi connectivity index (χ4n) is 2.38. The van der Waals surface area contributed by atoms with Crippen molar-refractivity contribution in [1.29, 1.82) is 0 Å². The molecule has 4 aromatic rings. The number of hydrogen-bond donors (Lipinski definition) is 1. The van der Waals surface area contributed by atoms with E-state index in [1.165, 1.54) is 21.3 Å². The first-order valence-corrected chi connectivity index (χ1v) is 6.85. The van der Waals surface area contributed by atoms with Gasteiger partial charge in [0.2, 0.25) is 0 Å². The molecule has 0 unspecified atom stereocenters. The number of hydrogen-bond acceptors (Lipinski definition) is 3. The normalized spacial score (nSPS) is 11.4. The van der Waals surface area contributed by atoms with Gasteiger partial charge < -0.3 is 5.73 Å². The van der Waals surface area contributed by atoms with Gasteiger partial charge in [0, 0.05) is 23.6 Å². The highest BCUT2D eigenvalue weighted by molar-refractivity contribution is 7.23. The van der Waals surface area contributed by atoms with Crippen molar-refractivity contribution in [3.8, 4) is 11.1 Å². The smallest absolute Gasteiger partial charge is 0.194 e. The van der Waals surface area contributed by atoms with Crippen LogP contribution in [-0.4, -0.2) is 9.38 Å². The van der Waals surface area contributed by atoms with Crippen LogP contribution in [0.25, 0.3) is 26.3 Å². The summed E-state index contributed by atoms with van der Waals surface area (Å²) in [6, 6.07) is 14.4. The monoisotopic (exact) mass is 265 g/mol. The Kier molecular flexibility index (Phi) is 2.13. The number of rotatable bonds is 1. The summed E-state index contributed by atoms with van der Waals surface area (Å²) < 4.78 is 3.39. The number of nitrogen functional groups attached to an aromatic ring is 1. The summed E-state index contributed by atoms with van der Waals surface area (Å²) in [5, 5.41) is 0. The Morgan fingerprint density at radius 1 is 1.05 bits per heavy atom. The quantitative estimate of drug-likeness (QED) is 0.532. The summed E-state index contributed by atoms with van der Waals surface area (Å²) in [6.07, 6.45) is 3.85. The van der Waals surface area contributed by atoms with Crippen molar-refractivity contribution < 1.29 is 0 Å². The van der Waals surface area contributed by atoms with E-state index in [0.29, 0.717) is 0 Å². The third kappa shape index (κ3) is 1.54. The van der Waals surface area contributed by atoms with E-state index in [1.54, 1.807) is 11.3 Å². The van der Waals surface area contributed by atoms with Crippen LogP contribution in [0.5, 0.6) is 0 Å². The molecule has 2 aromatic heterocycles.